The van der Waals surface area contributed by atoms with Crippen molar-refractivity contribution in [2.24, 2.45) is 5.92 Å². The van der Waals surface area contributed by atoms with Crippen LogP contribution in [-0.2, 0) is 11.3 Å². The van der Waals surface area contributed by atoms with E-state index >= 15 is 0 Å². The maximum atomic E-state index is 9.24. The molecule has 0 aliphatic rings. The summed E-state index contributed by atoms with van der Waals surface area (Å²) in [6.45, 7) is 5.00. The molecule has 2 nitrogen and oxygen atoms in total. The molecule has 1 aromatic rings. The number of aliphatic hydroxyl groups is 1. The van der Waals surface area contributed by atoms with Gasteiger partial charge in [-0.1, -0.05) is 37.3 Å². The van der Waals surface area contributed by atoms with E-state index in [0.29, 0.717) is 13.2 Å². The van der Waals surface area contributed by atoms with Gasteiger partial charge in [-0.2, -0.15) is 0 Å². The van der Waals surface area contributed by atoms with Gasteiger partial charge in [0.1, 0.15) is 0 Å². The monoisotopic (exact) mass is 194 g/mol. The van der Waals surface area contributed by atoms with E-state index in [1.165, 1.54) is 5.56 Å². The van der Waals surface area contributed by atoms with Crippen LogP contribution in [0.5, 0.6) is 0 Å². The van der Waals surface area contributed by atoms with E-state index in [1.54, 1.807) is 6.92 Å². The highest BCUT2D eigenvalue weighted by molar-refractivity contribution is 5.13. The molecule has 1 unspecified atom stereocenters. The highest BCUT2D eigenvalue weighted by atomic mass is 16.5. The molecule has 14 heavy (non-hydrogen) atoms. The van der Waals surface area contributed by atoms with E-state index < -0.39 is 0 Å². The fourth-order valence-electron chi connectivity index (χ4n) is 1.08. The first-order valence-corrected chi connectivity index (χ1v) is 5.00. The Hall–Kier alpha value is -0.860. The van der Waals surface area contributed by atoms with Crippen LogP contribution < -0.4 is 0 Å². The molecule has 0 aromatic heterocycles. The standard InChI is InChI=1S/C12H18O2/c1-10(11(2)13)8-14-9-12-6-4-3-5-7-12/h3-7,10-11,13H,8-9H2,1-2H3/t10-,11?/m1/s1. The van der Waals surface area contributed by atoms with Gasteiger partial charge in [-0.3, -0.25) is 0 Å². The Morgan fingerprint density at radius 3 is 2.43 bits per heavy atom. The molecule has 2 heteroatoms. The SMILES string of the molecule is CC(O)[C@H](C)COCc1ccccc1. The number of hydrogen-bond acceptors (Lipinski definition) is 2. The summed E-state index contributed by atoms with van der Waals surface area (Å²) in [4.78, 5) is 0. The fraction of sp³-hybridized carbons (Fsp3) is 0.500. The smallest absolute Gasteiger partial charge is 0.0717 e. The molecule has 0 amide bonds. The second kappa shape index (κ2) is 5.78. The van der Waals surface area contributed by atoms with Gasteiger partial charge in [0, 0.05) is 5.92 Å². The molecular weight excluding hydrogens is 176 g/mol. The number of benzene rings is 1. The van der Waals surface area contributed by atoms with Crippen LogP contribution in [0.25, 0.3) is 0 Å². The zero-order valence-corrected chi connectivity index (χ0v) is 8.81. The van der Waals surface area contributed by atoms with Crippen molar-refractivity contribution in [2.75, 3.05) is 6.61 Å². The third-order valence-electron chi connectivity index (χ3n) is 2.32. The van der Waals surface area contributed by atoms with Gasteiger partial charge >= 0.3 is 0 Å². The van der Waals surface area contributed by atoms with Crippen LogP contribution in [0.4, 0.5) is 0 Å². The van der Waals surface area contributed by atoms with Crippen molar-refractivity contribution in [3.05, 3.63) is 35.9 Å². The van der Waals surface area contributed by atoms with Gasteiger partial charge in [0.2, 0.25) is 0 Å². The van der Waals surface area contributed by atoms with E-state index in [9.17, 15) is 5.11 Å². The summed E-state index contributed by atoms with van der Waals surface area (Å²) in [6, 6.07) is 10.1. The minimum atomic E-state index is -0.300. The third-order valence-corrected chi connectivity index (χ3v) is 2.32. The molecule has 1 N–H and O–H groups in total. The van der Waals surface area contributed by atoms with Crippen molar-refractivity contribution in [3.63, 3.8) is 0 Å². The lowest BCUT2D eigenvalue weighted by atomic mass is 10.1. The van der Waals surface area contributed by atoms with Crippen molar-refractivity contribution in [1.29, 1.82) is 0 Å². The summed E-state index contributed by atoms with van der Waals surface area (Å²) >= 11 is 0. The van der Waals surface area contributed by atoms with Crippen molar-refractivity contribution in [3.8, 4) is 0 Å². The number of hydrogen-bond donors (Lipinski definition) is 1. The van der Waals surface area contributed by atoms with E-state index in [2.05, 4.69) is 0 Å². The van der Waals surface area contributed by atoms with Crippen LogP contribution in [0.2, 0.25) is 0 Å². The van der Waals surface area contributed by atoms with Crippen molar-refractivity contribution < 1.29 is 9.84 Å². The Morgan fingerprint density at radius 1 is 1.21 bits per heavy atom. The Balaban J connectivity index is 2.22. The van der Waals surface area contributed by atoms with Gasteiger partial charge < -0.3 is 9.84 Å². The molecule has 0 heterocycles. The summed E-state index contributed by atoms with van der Waals surface area (Å²) in [6.07, 6.45) is -0.300. The van der Waals surface area contributed by atoms with Crippen LogP contribution in [-0.4, -0.2) is 17.8 Å². The van der Waals surface area contributed by atoms with E-state index in [-0.39, 0.29) is 12.0 Å². The largest absolute Gasteiger partial charge is 0.393 e. The first-order chi connectivity index (χ1) is 6.70. The maximum absolute atomic E-state index is 9.24. The van der Waals surface area contributed by atoms with Gasteiger partial charge in [-0.05, 0) is 12.5 Å². The number of aliphatic hydroxyl groups excluding tert-OH is 1. The summed E-state index contributed by atoms with van der Waals surface area (Å²) in [5, 5.41) is 9.24. The number of rotatable bonds is 5. The zero-order valence-electron chi connectivity index (χ0n) is 8.81. The molecule has 0 spiro atoms. The van der Waals surface area contributed by atoms with Crippen LogP contribution in [0.1, 0.15) is 19.4 Å². The lowest BCUT2D eigenvalue weighted by Gasteiger charge is -2.14. The molecule has 0 radical (unpaired) electrons. The van der Waals surface area contributed by atoms with Crippen molar-refractivity contribution in [1.82, 2.24) is 0 Å². The third kappa shape index (κ3) is 3.90. The first kappa shape index (κ1) is 11.2. The van der Waals surface area contributed by atoms with E-state index in [4.69, 9.17) is 4.74 Å². The lowest BCUT2D eigenvalue weighted by molar-refractivity contribution is 0.0367. The van der Waals surface area contributed by atoms with Gasteiger partial charge in [0.05, 0.1) is 19.3 Å². The molecule has 2 atom stereocenters. The first-order valence-electron chi connectivity index (χ1n) is 5.00. The molecule has 1 rings (SSSR count). The minimum Gasteiger partial charge on any atom is -0.393 e. The minimum absolute atomic E-state index is 0.193. The fourth-order valence-corrected chi connectivity index (χ4v) is 1.08. The quantitative estimate of drug-likeness (QED) is 0.778. The topological polar surface area (TPSA) is 29.5 Å². The maximum Gasteiger partial charge on any atom is 0.0717 e. The van der Waals surface area contributed by atoms with Gasteiger partial charge in [0.15, 0.2) is 0 Å². The van der Waals surface area contributed by atoms with E-state index in [0.717, 1.165) is 0 Å². The van der Waals surface area contributed by atoms with Crippen molar-refractivity contribution in [2.45, 2.75) is 26.6 Å². The molecular formula is C12H18O2. The Labute approximate surface area is 85.5 Å². The molecule has 0 aliphatic carbocycles. The average molecular weight is 194 g/mol. The zero-order chi connectivity index (χ0) is 10.4. The summed E-state index contributed by atoms with van der Waals surface area (Å²) in [7, 11) is 0. The molecule has 0 saturated carbocycles. The van der Waals surface area contributed by atoms with Crippen LogP contribution in [0.3, 0.4) is 0 Å². The predicted molar refractivity (Wildman–Crippen MR) is 56.9 cm³/mol. The highest BCUT2D eigenvalue weighted by Gasteiger charge is 2.08. The molecule has 0 fully saturated rings. The summed E-state index contributed by atoms with van der Waals surface area (Å²) in [5.74, 6) is 0.193. The average Bonchev–Trinajstić information content (AvgIpc) is 2.19. The second-order valence-electron chi connectivity index (χ2n) is 3.72. The van der Waals surface area contributed by atoms with Gasteiger partial charge in [-0.15, -0.1) is 0 Å². The predicted octanol–water partition coefficient (Wildman–Crippen LogP) is 2.22. The normalized spacial score (nSPS) is 15.1. The van der Waals surface area contributed by atoms with Crippen LogP contribution in [0.15, 0.2) is 30.3 Å². The summed E-state index contributed by atoms with van der Waals surface area (Å²) in [5.41, 5.74) is 1.17. The Kier molecular flexibility index (Phi) is 4.63. The van der Waals surface area contributed by atoms with Gasteiger partial charge in [0.25, 0.3) is 0 Å². The Morgan fingerprint density at radius 2 is 1.86 bits per heavy atom. The second-order valence-corrected chi connectivity index (χ2v) is 3.72. The lowest BCUT2D eigenvalue weighted by Crippen LogP contribution is -2.18. The van der Waals surface area contributed by atoms with Gasteiger partial charge in [-0.25, -0.2) is 0 Å². The highest BCUT2D eigenvalue weighted by Crippen LogP contribution is 2.05. The Bertz CT molecular complexity index is 244. The van der Waals surface area contributed by atoms with E-state index in [1.807, 2.05) is 37.3 Å². The van der Waals surface area contributed by atoms with Crippen LogP contribution in [0, 0.1) is 5.92 Å². The molecule has 0 saturated heterocycles. The molecule has 1 aromatic carbocycles. The molecule has 0 bridgehead atoms. The molecule has 0 aliphatic heterocycles. The summed E-state index contributed by atoms with van der Waals surface area (Å²) < 4.78 is 5.48. The van der Waals surface area contributed by atoms with Crippen LogP contribution >= 0.6 is 0 Å². The number of ether oxygens (including phenoxy) is 1. The van der Waals surface area contributed by atoms with Crippen molar-refractivity contribution >= 4 is 0 Å². The molecule has 78 valence electrons.